The first-order chi connectivity index (χ1) is 15.7. The van der Waals surface area contributed by atoms with Crippen LogP contribution in [0.1, 0.15) is 10.4 Å². The molecule has 1 spiro atoms. The van der Waals surface area contributed by atoms with E-state index in [1.54, 1.807) is 9.80 Å². The summed E-state index contributed by atoms with van der Waals surface area (Å²) in [4.78, 5) is 29.7. The molecule has 3 aromatic rings. The summed E-state index contributed by atoms with van der Waals surface area (Å²) in [5.74, 6) is -0.0939. The van der Waals surface area contributed by atoms with Crippen molar-refractivity contribution in [2.45, 2.75) is 5.60 Å². The van der Waals surface area contributed by atoms with E-state index in [4.69, 9.17) is 9.47 Å². The predicted molar refractivity (Wildman–Crippen MR) is 122 cm³/mol. The van der Waals surface area contributed by atoms with Crippen molar-refractivity contribution in [3.05, 3.63) is 90.5 Å². The first-order valence-electron chi connectivity index (χ1n) is 10.7. The second kappa shape index (κ2) is 8.48. The van der Waals surface area contributed by atoms with Crippen LogP contribution in [-0.4, -0.2) is 55.3 Å². The lowest BCUT2D eigenvalue weighted by Gasteiger charge is -2.30. The highest BCUT2D eigenvalue weighted by atomic mass is 16.6. The molecule has 0 saturated carbocycles. The number of nitrogens with zero attached hydrogens (tertiary/aromatic N) is 2. The first kappa shape index (κ1) is 20.3. The molecule has 0 aromatic heterocycles. The zero-order valence-electron chi connectivity index (χ0n) is 17.6. The number of amides is 2. The molecular formula is C26H24N2O4. The summed E-state index contributed by atoms with van der Waals surface area (Å²) < 4.78 is 11.6. The van der Waals surface area contributed by atoms with Crippen molar-refractivity contribution in [1.29, 1.82) is 0 Å². The van der Waals surface area contributed by atoms with E-state index in [0.717, 1.165) is 16.8 Å². The number of ether oxygens (including phenoxy) is 2. The number of para-hydroxylation sites is 1. The third kappa shape index (κ3) is 3.85. The molecule has 0 radical (unpaired) electrons. The van der Waals surface area contributed by atoms with Gasteiger partial charge in [-0.3, -0.25) is 9.69 Å². The minimum absolute atomic E-state index is 0.0939. The molecule has 2 aliphatic heterocycles. The average Bonchev–Trinajstić information content (AvgIpc) is 3.03. The zero-order valence-corrected chi connectivity index (χ0v) is 17.6. The number of hydrogen-bond donors (Lipinski definition) is 0. The number of benzene rings is 3. The molecule has 0 bridgehead atoms. The summed E-state index contributed by atoms with van der Waals surface area (Å²) in [7, 11) is 0. The molecule has 0 N–H and O–H groups in total. The molecule has 5 rings (SSSR count). The van der Waals surface area contributed by atoms with E-state index in [2.05, 4.69) is 0 Å². The van der Waals surface area contributed by atoms with Crippen LogP contribution in [0.4, 0.5) is 10.5 Å². The second-order valence-corrected chi connectivity index (χ2v) is 8.16. The van der Waals surface area contributed by atoms with Crippen molar-refractivity contribution in [2.24, 2.45) is 0 Å². The number of carbonyl (C=O) groups is 2. The van der Waals surface area contributed by atoms with E-state index in [1.807, 2.05) is 84.9 Å². The Morgan fingerprint density at radius 3 is 2.31 bits per heavy atom. The largest absolute Gasteiger partial charge is 0.436 e. The predicted octanol–water partition coefficient (Wildman–Crippen LogP) is 4.22. The van der Waals surface area contributed by atoms with Gasteiger partial charge in [-0.25, -0.2) is 4.79 Å². The Morgan fingerprint density at radius 2 is 1.53 bits per heavy atom. The summed E-state index contributed by atoms with van der Waals surface area (Å²) in [6.07, 6.45) is -0.418. The summed E-state index contributed by atoms with van der Waals surface area (Å²) in [5, 5.41) is 0. The molecular weight excluding hydrogens is 404 g/mol. The zero-order chi connectivity index (χ0) is 22.0. The van der Waals surface area contributed by atoms with Crippen LogP contribution in [0.15, 0.2) is 84.9 Å². The maximum Gasteiger partial charge on any atom is 0.415 e. The van der Waals surface area contributed by atoms with Gasteiger partial charge in [0.05, 0.1) is 26.3 Å². The number of anilines is 1. The van der Waals surface area contributed by atoms with Gasteiger partial charge in [0, 0.05) is 17.8 Å². The minimum Gasteiger partial charge on any atom is -0.436 e. The molecule has 2 fully saturated rings. The standard InChI is InChI=1S/C26H24N2O4/c29-24(23-14-8-7-13-22(23)20-9-3-1-4-10-20)27-15-16-31-19-26(17-27)18-28(25(30)32-26)21-11-5-2-6-12-21/h1-14H,15-19H2/t26-/m1/s1. The van der Waals surface area contributed by atoms with Gasteiger partial charge < -0.3 is 14.4 Å². The lowest BCUT2D eigenvalue weighted by Crippen LogP contribution is -2.49. The lowest BCUT2D eigenvalue weighted by atomic mass is 9.98. The summed E-state index contributed by atoms with van der Waals surface area (Å²) >= 11 is 0. The molecule has 1 atom stereocenters. The molecule has 162 valence electrons. The quantitative estimate of drug-likeness (QED) is 0.627. The highest BCUT2D eigenvalue weighted by molar-refractivity contribution is 6.01. The Labute approximate surface area is 187 Å². The van der Waals surface area contributed by atoms with Gasteiger partial charge in [0.25, 0.3) is 5.91 Å². The van der Waals surface area contributed by atoms with Crippen LogP contribution in [-0.2, 0) is 9.47 Å². The minimum atomic E-state index is -0.902. The molecule has 2 amide bonds. The summed E-state index contributed by atoms with van der Waals surface area (Å²) in [6, 6.07) is 26.9. The van der Waals surface area contributed by atoms with Gasteiger partial charge in [0.1, 0.15) is 0 Å². The SMILES string of the molecule is O=C(c1ccccc1-c1ccccc1)N1CCOC[C@@]2(C1)CN(c1ccccc1)C(=O)O2. The molecule has 0 unspecified atom stereocenters. The van der Waals surface area contributed by atoms with Gasteiger partial charge in [-0.05, 0) is 29.3 Å². The Morgan fingerprint density at radius 1 is 0.844 bits per heavy atom. The van der Waals surface area contributed by atoms with Gasteiger partial charge in [-0.1, -0.05) is 66.7 Å². The monoisotopic (exact) mass is 428 g/mol. The van der Waals surface area contributed by atoms with Gasteiger partial charge in [-0.2, -0.15) is 0 Å². The number of hydrogen-bond acceptors (Lipinski definition) is 4. The second-order valence-electron chi connectivity index (χ2n) is 8.16. The van der Waals surface area contributed by atoms with Crippen molar-refractivity contribution < 1.29 is 19.1 Å². The fourth-order valence-electron chi connectivity index (χ4n) is 4.38. The Hall–Kier alpha value is -3.64. The van der Waals surface area contributed by atoms with Gasteiger partial charge in [0.2, 0.25) is 0 Å². The molecule has 2 saturated heterocycles. The topological polar surface area (TPSA) is 59.1 Å². The van der Waals surface area contributed by atoms with Crippen molar-refractivity contribution in [1.82, 2.24) is 4.90 Å². The molecule has 32 heavy (non-hydrogen) atoms. The molecule has 2 heterocycles. The Balaban J connectivity index is 1.42. The first-order valence-corrected chi connectivity index (χ1v) is 10.7. The maximum atomic E-state index is 13.6. The number of carbonyl (C=O) groups excluding carboxylic acids is 2. The van der Waals surface area contributed by atoms with Crippen LogP contribution in [0, 0.1) is 0 Å². The van der Waals surface area contributed by atoms with Gasteiger partial charge >= 0.3 is 6.09 Å². The molecule has 2 aliphatic rings. The third-order valence-electron chi connectivity index (χ3n) is 5.92. The van der Waals surface area contributed by atoms with E-state index < -0.39 is 11.7 Å². The van der Waals surface area contributed by atoms with Crippen LogP contribution in [0.3, 0.4) is 0 Å². The van der Waals surface area contributed by atoms with Gasteiger partial charge in [-0.15, -0.1) is 0 Å². The van der Waals surface area contributed by atoms with Crippen LogP contribution in [0.5, 0.6) is 0 Å². The van der Waals surface area contributed by atoms with Crippen molar-refractivity contribution in [2.75, 3.05) is 37.7 Å². The molecule has 6 heteroatoms. The Kier molecular flexibility index (Phi) is 5.37. The van der Waals surface area contributed by atoms with E-state index >= 15 is 0 Å². The molecule has 0 aliphatic carbocycles. The normalized spacial score (nSPS) is 20.8. The summed E-state index contributed by atoms with van der Waals surface area (Å²) in [5.41, 5.74) is 2.36. The van der Waals surface area contributed by atoms with E-state index in [1.165, 1.54) is 0 Å². The lowest BCUT2D eigenvalue weighted by molar-refractivity contribution is -0.0140. The highest BCUT2D eigenvalue weighted by Crippen LogP contribution is 2.32. The van der Waals surface area contributed by atoms with E-state index in [0.29, 0.717) is 25.3 Å². The van der Waals surface area contributed by atoms with Crippen LogP contribution < -0.4 is 4.90 Å². The highest BCUT2D eigenvalue weighted by Gasteiger charge is 2.49. The van der Waals surface area contributed by atoms with Crippen LogP contribution >= 0.6 is 0 Å². The fourth-order valence-corrected chi connectivity index (χ4v) is 4.38. The fraction of sp³-hybridized carbons (Fsp3) is 0.231. The van der Waals surface area contributed by atoms with Crippen molar-refractivity contribution >= 4 is 17.7 Å². The number of rotatable bonds is 3. The van der Waals surface area contributed by atoms with Crippen molar-refractivity contribution in [3.63, 3.8) is 0 Å². The summed E-state index contributed by atoms with van der Waals surface area (Å²) in [6.45, 7) is 1.70. The molecule has 3 aromatic carbocycles. The van der Waals surface area contributed by atoms with E-state index in [-0.39, 0.29) is 19.1 Å². The average molecular weight is 428 g/mol. The van der Waals surface area contributed by atoms with Crippen LogP contribution in [0.2, 0.25) is 0 Å². The molecule has 6 nitrogen and oxygen atoms in total. The maximum absolute atomic E-state index is 13.6. The smallest absolute Gasteiger partial charge is 0.415 e. The third-order valence-corrected chi connectivity index (χ3v) is 5.92. The van der Waals surface area contributed by atoms with Crippen LogP contribution in [0.25, 0.3) is 11.1 Å². The van der Waals surface area contributed by atoms with E-state index in [9.17, 15) is 9.59 Å². The van der Waals surface area contributed by atoms with Crippen molar-refractivity contribution in [3.8, 4) is 11.1 Å². The Bertz CT molecular complexity index is 1120. The van der Waals surface area contributed by atoms with Gasteiger partial charge in [0.15, 0.2) is 5.60 Å².